The zero-order chi connectivity index (χ0) is 14.5. The summed E-state index contributed by atoms with van der Waals surface area (Å²) in [6.07, 6.45) is 3.62. The minimum absolute atomic E-state index is 0.0706. The zero-order valence-corrected chi connectivity index (χ0v) is 11.9. The molecule has 5 nitrogen and oxygen atoms in total. The van der Waals surface area contributed by atoms with Crippen molar-refractivity contribution in [1.29, 1.82) is 0 Å². The number of carbonyl (C=O) groups excluding carboxylic acids is 1. The number of hydrogen-bond donors (Lipinski definition) is 3. The molecular formula is C15H20N4O. The van der Waals surface area contributed by atoms with Crippen molar-refractivity contribution in [2.75, 3.05) is 12.3 Å². The summed E-state index contributed by atoms with van der Waals surface area (Å²) in [5.41, 5.74) is 10.2. The van der Waals surface area contributed by atoms with E-state index in [1.807, 2.05) is 20.0 Å². The van der Waals surface area contributed by atoms with Gasteiger partial charge in [0.25, 0.3) is 5.91 Å². The highest BCUT2D eigenvalue weighted by Crippen LogP contribution is 2.15. The molecule has 1 aromatic heterocycles. The fraction of sp³-hybridized carbons (Fsp3) is 0.333. The van der Waals surface area contributed by atoms with Crippen molar-refractivity contribution in [3.05, 3.63) is 46.8 Å². The first-order chi connectivity index (χ1) is 9.59. The van der Waals surface area contributed by atoms with E-state index in [1.165, 1.54) is 5.56 Å². The second-order valence-corrected chi connectivity index (χ2v) is 4.90. The second kappa shape index (κ2) is 6.23. The second-order valence-electron chi connectivity index (χ2n) is 4.90. The van der Waals surface area contributed by atoms with Gasteiger partial charge in [0.1, 0.15) is 0 Å². The molecule has 0 atom stereocenters. The number of nitrogens with two attached hydrogens (primary N) is 1. The van der Waals surface area contributed by atoms with Gasteiger partial charge in [0.2, 0.25) is 0 Å². The Labute approximate surface area is 118 Å². The van der Waals surface area contributed by atoms with Crippen molar-refractivity contribution in [2.45, 2.75) is 26.7 Å². The Hall–Kier alpha value is -2.30. The summed E-state index contributed by atoms with van der Waals surface area (Å²) in [5.74, 6) is -0.0706. The lowest BCUT2D eigenvalue weighted by molar-refractivity contribution is 0.0952. The first kappa shape index (κ1) is 14.1. The van der Waals surface area contributed by atoms with E-state index in [-0.39, 0.29) is 5.91 Å². The maximum absolute atomic E-state index is 12.1. The SMILES string of the molecule is Cc1[nH]ncc1CCCNC(=O)c1cccc(N)c1C. The third-order valence-electron chi connectivity index (χ3n) is 3.46. The number of benzene rings is 1. The van der Waals surface area contributed by atoms with E-state index >= 15 is 0 Å². The summed E-state index contributed by atoms with van der Waals surface area (Å²) in [7, 11) is 0. The summed E-state index contributed by atoms with van der Waals surface area (Å²) < 4.78 is 0. The van der Waals surface area contributed by atoms with E-state index < -0.39 is 0 Å². The molecule has 0 fully saturated rings. The van der Waals surface area contributed by atoms with E-state index in [2.05, 4.69) is 15.5 Å². The molecule has 4 N–H and O–H groups in total. The standard InChI is InChI=1S/C15H20N4O/c1-10-13(6-3-7-14(10)16)15(20)17-8-4-5-12-9-18-19-11(12)2/h3,6-7,9H,4-5,8,16H2,1-2H3,(H,17,20)(H,18,19). The van der Waals surface area contributed by atoms with Crippen molar-refractivity contribution < 1.29 is 4.79 Å². The van der Waals surface area contributed by atoms with Crippen LogP contribution in [0.15, 0.2) is 24.4 Å². The summed E-state index contributed by atoms with van der Waals surface area (Å²) >= 11 is 0. The number of carbonyl (C=O) groups is 1. The number of aromatic nitrogens is 2. The van der Waals surface area contributed by atoms with Crippen molar-refractivity contribution in [1.82, 2.24) is 15.5 Å². The van der Waals surface area contributed by atoms with Gasteiger partial charge in [0.05, 0.1) is 6.20 Å². The third-order valence-corrected chi connectivity index (χ3v) is 3.46. The smallest absolute Gasteiger partial charge is 0.251 e. The molecule has 0 radical (unpaired) electrons. The molecule has 1 heterocycles. The number of anilines is 1. The van der Waals surface area contributed by atoms with Gasteiger partial charge >= 0.3 is 0 Å². The highest BCUT2D eigenvalue weighted by molar-refractivity contribution is 5.96. The molecule has 1 aromatic carbocycles. The molecule has 0 aliphatic rings. The van der Waals surface area contributed by atoms with Crippen LogP contribution < -0.4 is 11.1 Å². The van der Waals surface area contributed by atoms with Crippen LogP contribution >= 0.6 is 0 Å². The van der Waals surface area contributed by atoms with Crippen molar-refractivity contribution in [2.24, 2.45) is 0 Å². The molecule has 5 heteroatoms. The van der Waals surface area contributed by atoms with Crippen LogP contribution in [0.1, 0.15) is 33.6 Å². The van der Waals surface area contributed by atoms with Gasteiger partial charge in [-0.05, 0) is 49.9 Å². The van der Waals surface area contributed by atoms with Gasteiger partial charge in [-0.15, -0.1) is 0 Å². The van der Waals surface area contributed by atoms with Crippen molar-refractivity contribution in [3.63, 3.8) is 0 Å². The molecule has 0 spiro atoms. The molecule has 2 rings (SSSR count). The third kappa shape index (κ3) is 3.17. The average molecular weight is 272 g/mol. The van der Waals surface area contributed by atoms with E-state index in [1.54, 1.807) is 18.2 Å². The number of nitrogens with one attached hydrogen (secondary N) is 2. The lowest BCUT2D eigenvalue weighted by Crippen LogP contribution is -2.25. The fourth-order valence-corrected chi connectivity index (χ4v) is 2.10. The van der Waals surface area contributed by atoms with Gasteiger partial charge < -0.3 is 11.1 Å². The molecule has 2 aromatic rings. The van der Waals surface area contributed by atoms with Crippen LogP contribution in [0.2, 0.25) is 0 Å². The van der Waals surface area contributed by atoms with E-state index in [9.17, 15) is 4.79 Å². The Balaban J connectivity index is 1.84. The van der Waals surface area contributed by atoms with Crippen molar-refractivity contribution in [3.8, 4) is 0 Å². The monoisotopic (exact) mass is 272 g/mol. The first-order valence-electron chi connectivity index (χ1n) is 6.71. The number of H-pyrrole nitrogens is 1. The Bertz CT molecular complexity index is 604. The summed E-state index contributed by atoms with van der Waals surface area (Å²) in [5, 5.41) is 9.81. The zero-order valence-electron chi connectivity index (χ0n) is 11.9. The molecular weight excluding hydrogens is 252 g/mol. The van der Waals surface area contributed by atoms with Crippen LogP contribution in [0.25, 0.3) is 0 Å². The number of amides is 1. The quantitative estimate of drug-likeness (QED) is 0.574. The molecule has 0 saturated carbocycles. The Morgan fingerprint density at radius 2 is 2.20 bits per heavy atom. The number of hydrogen-bond acceptors (Lipinski definition) is 3. The summed E-state index contributed by atoms with van der Waals surface area (Å²) in [4.78, 5) is 12.1. The van der Waals surface area contributed by atoms with Crippen molar-refractivity contribution >= 4 is 11.6 Å². The van der Waals surface area contributed by atoms with Crippen LogP contribution in [0.3, 0.4) is 0 Å². The van der Waals surface area contributed by atoms with Gasteiger partial charge in [-0.25, -0.2) is 0 Å². The number of rotatable bonds is 5. The molecule has 1 amide bonds. The normalized spacial score (nSPS) is 10.5. The van der Waals surface area contributed by atoms with E-state index in [0.29, 0.717) is 17.8 Å². The number of nitrogen functional groups attached to an aromatic ring is 1. The van der Waals surface area contributed by atoms with E-state index in [4.69, 9.17) is 5.73 Å². The predicted octanol–water partition coefficient (Wildman–Crippen LogP) is 1.97. The average Bonchev–Trinajstić information content (AvgIpc) is 2.83. The highest BCUT2D eigenvalue weighted by Gasteiger charge is 2.09. The number of aromatic amines is 1. The lowest BCUT2D eigenvalue weighted by Gasteiger charge is -2.09. The Kier molecular flexibility index (Phi) is 4.40. The molecule has 0 aliphatic heterocycles. The summed E-state index contributed by atoms with van der Waals surface area (Å²) in [6, 6.07) is 5.39. The molecule has 0 aliphatic carbocycles. The Morgan fingerprint density at radius 3 is 2.90 bits per heavy atom. The molecule has 20 heavy (non-hydrogen) atoms. The van der Waals surface area contributed by atoms with Crippen LogP contribution in [0, 0.1) is 13.8 Å². The minimum atomic E-state index is -0.0706. The van der Waals surface area contributed by atoms with Crippen LogP contribution in [0.4, 0.5) is 5.69 Å². The van der Waals surface area contributed by atoms with Crippen LogP contribution in [-0.2, 0) is 6.42 Å². The fourth-order valence-electron chi connectivity index (χ4n) is 2.10. The number of nitrogens with zero attached hydrogens (tertiary/aromatic N) is 1. The van der Waals surface area contributed by atoms with Gasteiger partial charge in [-0.3, -0.25) is 9.89 Å². The van der Waals surface area contributed by atoms with Gasteiger partial charge in [0, 0.05) is 23.5 Å². The molecule has 0 saturated heterocycles. The lowest BCUT2D eigenvalue weighted by atomic mass is 10.1. The highest BCUT2D eigenvalue weighted by atomic mass is 16.1. The minimum Gasteiger partial charge on any atom is -0.398 e. The van der Waals surface area contributed by atoms with Gasteiger partial charge in [-0.2, -0.15) is 5.10 Å². The maximum atomic E-state index is 12.1. The van der Waals surface area contributed by atoms with Crippen LogP contribution in [0.5, 0.6) is 0 Å². The van der Waals surface area contributed by atoms with Crippen LogP contribution in [-0.4, -0.2) is 22.6 Å². The topological polar surface area (TPSA) is 83.8 Å². The molecule has 0 bridgehead atoms. The molecule has 0 unspecified atom stereocenters. The van der Waals surface area contributed by atoms with Gasteiger partial charge in [-0.1, -0.05) is 6.07 Å². The largest absolute Gasteiger partial charge is 0.398 e. The summed E-state index contributed by atoms with van der Waals surface area (Å²) in [6.45, 7) is 4.49. The predicted molar refractivity (Wildman–Crippen MR) is 79.6 cm³/mol. The number of aryl methyl sites for hydroxylation is 2. The van der Waals surface area contributed by atoms with Gasteiger partial charge in [0.15, 0.2) is 0 Å². The molecule has 106 valence electrons. The van der Waals surface area contributed by atoms with E-state index in [0.717, 1.165) is 24.1 Å². The maximum Gasteiger partial charge on any atom is 0.251 e. The first-order valence-corrected chi connectivity index (χ1v) is 6.71. The Morgan fingerprint density at radius 1 is 1.40 bits per heavy atom.